The number of hydrogen-bond acceptors (Lipinski definition) is 6. The molecule has 0 amide bonds. The molecule has 7 nitrogen and oxygen atoms in total. The van der Waals surface area contributed by atoms with Gasteiger partial charge >= 0.3 is 0 Å². The topological polar surface area (TPSA) is 78.4 Å². The highest BCUT2D eigenvalue weighted by atomic mass is 32.2. The number of anilines is 3. The Morgan fingerprint density at radius 3 is 2.19 bits per heavy atom. The Labute approximate surface area is 190 Å². The molecule has 1 fully saturated rings. The second-order valence-corrected chi connectivity index (χ2v) is 10.0. The maximum atomic E-state index is 13.0. The highest BCUT2D eigenvalue weighted by Crippen LogP contribution is 2.23. The fraction of sp³-hybridized carbons (Fsp3) is 0.333. The summed E-state index contributed by atoms with van der Waals surface area (Å²) < 4.78 is 27.6. The first-order valence-electron chi connectivity index (χ1n) is 10.9. The third-order valence-electron chi connectivity index (χ3n) is 5.68. The Kier molecular flexibility index (Phi) is 6.43. The minimum absolute atomic E-state index is 0.352. The average Bonchev–Trinajstić information content (AvgIpc) is 2.80. The molecule has 1 aliphatic heterocycles. The van der Waals surface area contributed by atoms with Crippen LogP contribution in [0.1, 0.15) is 23.7 Å². The van der Waals surface area contributed by atoms with Crippen LogP contribution in [0, 0.1) is 13.8 Å². The number of rotatable bonds is 6. The van der Waals surface area contributed by atoms with Gasteiger partial charge in [0.2, 0.25) is 16.0 Å². The number of benzene rings is 2. The van der Waals surface area contributed by atoms with Crippen molar-refractivity contribution in [2.45, 2.75) is 32.1 Å². The van der Waals surface area contributed by atoms with Crippen molar-refractivity contribution >= 4 is 27.5 Å². The lowest BCUT2D eigenvalue weighted by atomic mass is 10.2. The lowest BCUT2D eigenvalue weighted by Crippen LogP contribution is -2.49. The molecule has 0 saturated carbocycles. The molecular weight excluding hydrogens is 422 g/mol. The number of aromatic nitrogens is 2. The van der Waals surface area contributed by atoms with Crippen LogP contribution in [0.15, 0.2) is 59.5 Å². The normalized spacial score (nSPS) is 15.0. The van der Waals surface area contributed by atoms with Crippen molar-refractivity contribution in [2.75, 3.05) is 36.4 Å². The molecule has 0 aliphatic carbocycles. The minimum Gasteiger partial charge on any atom is -0.354 e. The van der Waals surface area contributed by atoms with Crippen molar-refractivity contribution in [3.8, 4) is 0 Å². The lowest BCUT2D eigenvalue weighted by Gasteiger charge is -2.34. The van der Waals surface area contributed by atoms with Gasteiger partial charge in [0, 0.05) is 43.6 Å². The van der Waals surface area contributed by atoms with E-state index in [1.165, 1.54) is 5.56 Å². The van der Waals surface area contributed by atoms with Gasteiger partial charge in [0.15, 0.2) is 0 Å². The third kappa shape index (κ3) is 4.92. The summed E-state index contributed by atoms with van der Waals surface area (Å²) in [5.74, 6) is 1.34. The van der Waals surface area contributed by atoms with Crippen molar-refractivity contribution < 1.29 is 8.42 Å². The molecule has 0 radical (unpaired) electrons. The number of aryl methyl sites for hydroxylation is 3. The van der Waals surface area contributed by atoms with E-state index in [1.54, 1.807) is 16.4 Å². The lowest BCUT2D eigenvalue weighted by molar-refractivity contribution is 0.384. The first-order valence-corrected chi connectivity index (χ1v) is 12.3. The molecule has 0 bridgehead atoms. The molecular formula is C24H29N5O2S. The van der Waals surface area contributed by atoms with Crippen LogP contribution >= 0.6 is 0 Å². The molecule has 8 heteroatoms. The van der Waals surface area contributed by atoms with Crippen LogP contribution in [0.25, 0.3) is 0 Å². The van der Waals surface area contributed by atoms with E-state index in [1.807, 2.05) is 56.3 Å². The molecule has 0 unspecified atom stereocenters. The number of hydrogen-bond donors (Lipinski definition) is 1. The van der Waals surface area contributed by atoms with Gasteiger partial charge in [0.05, 0.1) is 4.90 Å². The Balaban J connectivity index is 1.45. The Morgan fingerprint density at radius 1 is 0.906 bits per heavy atom. The van der Waals surface area contributed by atoms with Gasteiger partial charge in [-0.2, -0.15) is 9.29 Å². The summed E-state index contributed by atoms with van der Waals surface area (Å²) >= 11 is 0. The van der Waals surface area contributed by atoms with E-state index < -0.39 is 10.0 Å². The van der Waals surface area contributed by atoms with E-state index in [2.05, 4.69) is 27.1 Å². The zero-order valence-electron chi connectivity index (χ0n) is 18.7. The quantitative estimate of drug-likeness (QED) is 0.612. The molecule has 3 aromatic rings. The standard InChI is InChI=1S/C24H29N5O2S/c1-4-20-7-11-22(12-8-20)32(30,31)29-15-13-28(14-16-29)23-17-19(3)25-24(27-23)26-21-9-5-18(2)6-10-21/h5-12,17H,4,13-16H2,1-3H3,(H,25,26,27). The summed E-state index contributed by atoms with van der Waals surface area (Å²) in [5, 5.41) is 3.26. The number of nitrogens with one attached hydrogen (secondary N) is 1. The van der Waals surface area contributed by atoms with Crippen molar-refractivity contribution in [1.29, 1.82) is 0 Å². The number of sulfonamides is 1. The van der Waals surface area contributed by atoms with Gasteiger partial charge in [-0.25, -0.2) is 13.4 Å². The smallest absolute Gasteiger partial charge is 0.243 e. The maximum Gasteiger partial charge on any atom is 0.243 e. The van der Waals surface area contributed by atoms with Gasteiger partial charge in [-0.15, -0.1) is 0 Å². The summed E-state index contributed by atoms with van der Waals surface area (Å²) in [6.07, 6.45) is 0.887. The van der Waals surface area contributed by atoms with Crippen LogP contribution in [-0.4, -0.2) is 48.9 Å². The van der Waals surface area contributed by atoms with E-state index in [4.69, 9.17) is 0 Å². The average molecular weight is 452 g/mol. The van der Waals surface area contributed by atoms with Crippen LogP contribution < -0.4 is 10.2 Å². The molecule has 0 atom stereocenters. The van der Waals surface area contributed by atoms with E-state index in [0.29, 0.717) is 37.0 Å². The highest BCUT2D eigenvalue weighted by molar-refractivity contribution is 7.89. The summed E-state index contributed by atoms with van der Waals surface area (Å²) in [7, 11) is -3.49. The van der Waals surface area contributed by atoms with Crippen LogP contribution in [0.3, 0.4) is 0 Å². The van der Waals surface area contributed by atoms with Gasteiger partial charge in [-0.3, -0.25) is 0 Å². The molecule has 1 aliphatic rings. The van der Waals surface area contributed by atoms with Crippen LogP contribution in [0.2, 0.25) is 0 Å². The molecule has 32 heavy (non-hydrogen) atoms. The van der Waals surface area contributed by atoms with Crippen molar-refractivity contribution in [1.82, 2.24) is 14.3 Å². The highest BCUT2D eigenvalue weighted by Gasteiger charge is 2.29. The monoisotopic (exact) mass is 451 g/mol. The van der Waals surface area contributed by atoms with Crippen LogP contribution in [0.4, 0.5) is 17.5 Å². The minimum atomic E-state index is -3.49. The number of nitrogens with zero attached hydrogens (tertiary/aromatic N) is 4. The first-order chi connectivity index (χ1) is 15.3. The van der Waals surface area contributed by atoms with E-state index in [-0.39, 0.29) is 0 Å². The summed E-state index contributed by atoms with van der Waals surface area (Å²) in [6, 6.07) is 17.2. The van der Waals surface area contributed by atoms with Crippen molar-refractivity contribution in [3.63, 3.8) is 0 Å². The fourth-order valence-corrected chi connectivity index (χ4v) is 5.16. The van der Waals surface area contributed by atoms with Gasteiger partial charge in [0.1, 0.15) is 5.82 Å². The predicted octanol–water partition coefficient (Wildman–Crippen LogP) is 3.91. The second-order valence-electron chi connectivity index (χ2n) is 8.07. The van der Waals surface area contributed by atoms with Crippen LogP contribution in [-0.2, 0) is 16.4 Å². The molecule has 2 aromatic carbocycles. The molecule has 4 rings (SSSR count). The Bertz CT molecular complexity index is 1170. The Morgan fingerprint density at radius 2 is 1.56 bits per heavy atom. The summed E-state index contributed by atoms with van der Waals surface area (Å²) in [6.45, 7) is 8.03. The molecule has 168 valence electrons. The van der Waals surface area contributed by atoms with Gasteiger partial charge in [0.25, 0.3) is 0 Å². The second kappa shape index (κ2) is 9.26. The molecule has 0 spiro atoms. The zero-order chi connectivity index (χ0) is 22.7. The molecule has 2 heterocycles. The van der Waals surface area contributed by atoms with Crippen molar-refractivity contribution in [3.05, 3.63) is 71.4 Å². The van der Waals surface area contributed by atoms with E-state index >= 15 is 0 Å². The van der Waals surface area contributed by atoms with Crippen molar-refractivity contribution in [2.24, 2.45) is 0 Å². The first kappa shape index (κ1) is 22.2. The third-order valence-corrected chi connectivity index (χ3v) is 7.59. The largest absolute Gasteiger partial charge is 0.354 e. The fourth-order valence-electron chi connectivity index (χ4n) is 3.74. The molecule has 1 aromatic heterocycles. The molecule has 1 saturated heterocycles. The predicted molar refractivity (Wildman–Crippen MR) is 128 cm³/mol. The van der Waals surface area contributed by atoms with Gasteiger partial charge < -0.3 is 10.2 Å². The zero-order valence-corrected chi connectivity index (χ0v) is 19.6. The summed E-state index contributed by atoms with van der Waals surface area (Å²) in [5.41, 5.74) is 4.10. The SMILES string of the molecule is CCc1ccc(S(=O)(=O)N2CCN(c3cc(C)nc(Nc4ccc(C)cc4)n3)CC2)cc1. The van der Waals surface area contributed by atoms with E-state index in [9.17, 15) is 8.42 Å². The molecule has 1 N–H and O–H groups in total. The van der Waals surface area contributed by atoms with Gasteiger partial charge in [-0.1, -0.05) is 36.8 Å². The van der Waals surface area contributed by atoms with Gasteiger partial charge in [-0.05, 0) is 50.1 Å². The van der Waals surface area contributed by atoms with Crippen LogP contribution in [0.5, 0.6) is 0 Å². The Hall–Kier alpha value is -2.97. The maximum absolute atomic E-state index is 13.0. The number of piperazine rings is 1. The van der Waals surface area contributed by atoms with E-state index in [0.717, 1.165) is 29.2 Å². The summed E-state index contributed by atoms with van der Waals surface area (Å²) in [4.78, 5) is 11.6.